The zero-order valence-corrected chi connectivity index (χ0v) is 15.3. The van der Waals surface area contributed by atoms with Crippen LogP contribution >= 0.6 is 0 Å². The fourth-order valence-electron chi connectivity index (χ4n) is 3.39. The molecule has 0 spiro atoms. The number of hydrogen-bond acceptors (Lipinski definition) is 5. The number of carbonyl (C=O) groups is 1. The third kappa shape index (κ3) is 5.89. The molecule has 0 aromatic carbocycles. The Morgan fingerprint density at radius 3 is 2.71 bits per heavy atom. The van der Waals surface area contributed by atoms with E-state index < -0.39 is 0 Å². The Balaban J connectivity index is 1.70. The largest absolute Gasteiger partial charge is 0.392 e. The smallest absolute Gasteiger partial charge is 0.239 e. The number of likely N-dealkylation sites (tertiary alicyclic amines) is 1. The molecule has 2 heterocycles. The number of hydrogen-bond donors (Lipinski definition) is 2. The minimum Gasteiger partial charge on any atom is -0.392 e. The highest BCUT2D eigenvalue weighted by molar-refractivity contribution is 5.91. The van der Waals surface area contributed by atoms with E-state index in [1.807, 2.05) is 34.0 Å². The van der Waals surface area contributed by atoms with Gasteiger partial charge in [-0.3, -0.25) is 14.4 Å². The van der Waals surface area contributed by atoms with Gasteiger partial charge in [-0.2, -0.15) is 5.10 Å². The molecule has 0 unspecified atom stereocenters. The highest BCUT2D eigenvalue weighted by atomic mass is 16.3. The van der Waals surface area contributed by atoms with Crippen LogP contribution < -0.4 is 5.32 Å². The molecule has 2 rings (SSSR count). The molecule has 0 aliphatic carbocycles. The van der Waals surface area contributed by atoms with Gasteiger partial charge in [-0.05, 0) is 52.7 Å². The van der Waals surface area contributed by atoms with Gasteiger partial charge in [-0.25, -0.2) is 0 Å². The SMILES string of the molecule is Cc1cc(NC(=O)CN(C)CC2CCN(C[C@@H](C)O)CC2)n(C)n1. The minimum atomic E-state index is -0.261. The third-order valence-electron chi connectivity index (χ3n) is 4.48. The quantitative estimate of drug-likeness (QED) is 0.766. The number of anilines is 1. The second-order valence-electron chi connectivity index (χ2n) is 7.13. The Hall–Kier alpha value is -1.44. The molecule has 1 amide bonds. The summed E-state index contributed by atoms with van der Waals surface area (Å²) in [4.78, 5) is 16.6. The number of rotatable bonds is 7. The zero-order valence-electron chi connectivity index (χ0n) is 15.3. The lowest BCUT2D eigenvalue weighted by Crippen LogP contribution is -2.41. The molecule has 1 atom stereocenters. The normalized spacial score (nSPS) is 18.1. The van der Waals surface area contributed by atoms with Crippen molar-refractivity contribution in [1.29, 1.82) is 0 Å². The number of β-amino-alcohol motifs (C(OH)–C–C–N with tert-alkyl or cyclic N) is 1. The first kappa shape index (κ1) is 18.9. The van der Waals surface area contributed by atoms with Crippen molar-refractivity contribution in [2.75, 3.05) is 45.1 Å². The first-order chi connectivity index (χ1) is 11.3. The zero-order chi connectivity index (χ0) is 17.7. The lowest BCUT2D eigenvalue weighted by atomic mass is 9.96. The van der Waals surface area contributed by atoms with E-state index in [1.165, 1.54) is 0 Å². The Kier molecular flexibility index (Phi) is 6.77. The van der Waals surface area contributed by atoms with Gasteiger partial charge in [0.15, 0.2) is 0 Å². The van der Waals surface area contributed by atoms with Crippen LogP contribution in [0.15, 0.2) is 6.07 Å². The molecule has 1 aromatic heterocycles. The number of likely N-dealkylation sites (N-methyl/N-ethyl adjacent to an activating group) is 1. The average molecular weight is 337 g/mol. The summed E-state index contributed by atoms with van der Waals surface area (Å²) in [5.74, 6) is 1.34. The summed E-state index contributed by atoms with van der Waals surface area (Å²) < 4.78 is 1.69. The van der Waals surface area contributed by atoms with Crippen molar-refractivity contribution in [2.45, 2.75) is 32.8 Å². The molecule has 1 aliphatic heterocycles. The molecule has 0 radical (unpaired) electrons. The number of aliphatic hydroxyl groups excluding tert-OH is 1. The molecule has 1 aromatic rings. The molecule has 136 valence electrons. The van der Waals surface area contributed by atoms with Gasteiger partial charge in [0.2, 0.25) is 5.91 Å². The molecule has 1 fully saturated rings. The first-order valence-electron chi connectivity index (χ1n) is 8.73. The maximum Gasteiger partial charge on any atom is 0.239 e. The molecule has 24 heavy (non-hydrogen) atoms. The maximum absolute atomic E-state index is 12.2. The van der Waals surface area contributed by atoms with Crippen molar-refractivity contribution in [3.05, 3.63) is 11.8 Å². The Bertz CT molecular complexity index is 535. The van der Waals surface area contributed by atoms with Crippen molar-refractivity contribution < 1.29 is 9.90 Å². The van der Waals surface area contributed by atoms with Gasteiger partial charge in [-0.1, -0.05) is 0 Å². The number of aliphatic hydroxyl groups is 1. The molecule has 0 bridgehead atoms. The fourth-order valence-corrected chi connectivity index (χ4v) is 3.39. The summed E-state index contributed by atoms with van der Waals surface area (Å²) >= 11 is 0. The molecule has 0 saturated carbocycles. The summed E-state index contributed by atoms with van der Waals surface area (Å²) in [6.45, 7) is 7.88. The van der Waals surface area contributed by atoms with E-state index in [0.29, 0.717) is 12.5 Å². The Labute approximate surface area is 144 Å². The van der Waals surface area contributed by atoms with E-state index in [-0.39, 0.29) is 12.0 Å². The predicted octanol–water partition coefficient (Wildman–Crippen LogP) is 0.692. The van der Waals surface area contributed by atoms with Crippen LogP contribution in [0.4, 0.5) is 5.82 Å². The highest BCUT2D eigenvalue weighted by Gasteiger charge is 2.21. The predicted molar refractivity (Wildman–Crippen MR) is 94.9 cm³/mol. The van der Waals surface area contributed by atoms with Gasteiger partial charge in [0.05, 0.1) is 18.3 Å². The van der Waals surface area contributed by atoms with Crippen LogP contribution in [0.2, 0.25) is 0 Å². The number of carbonyl (C=O) groups excluding carboxylic acids is 1. The monoisotopic (exact) mass is 337 g/mol. The van der Waals surface area contributed by atoms with Crippen molar-refractivity contribution in [3.8, 4) is 0 Å². The standard InChI is InChI=1S/C17H31N5O2/c1-13-9-16(21(4)19-13)18-17(24)12-20(3)11-15-5-7-22(8-6-15)10-14(2)23/h9,14-15,23H,5-8,10-12H2,1-4H3,(H,18,24)/t14-/m1/s1. The lowest BCUT2D eigenvalue weighted by molar-refractivity contribution is -0.117. The van der Waals surface area contributed by atoms with E-state index in [9.17, 15) is 9.90 Å². The van der Waals surface area contributed by atoms with Crippen molar-refractivity contribution >= 4 is 11.7 Å². The molecular weight excluding hydrogens is 306 g/mol. The number of nitrogens with one attached hydrogen (secondary N) is 1. The summed E-state index contributed by atoms with van der Waals surface area (Å²) in [6.07, 6.45) is 1.99. The molecule has 2 N–H and O–H groups in total. The van der Waals surface area contributed by atoms with Crippen molar-refractivity contribution in [3.63, 3.8) is 0 Å². The van der Waals surface area contributed by atoms with Crippen molar-refractivity contribution in [2.24, 2.45) is 13.0 Å². The first-order valence-corrected chi connectivity index (χ1v) is 8.73. The third-order valence-corrected chi connectivity index (χ3v) is 4.48. The van der Waals surface area contributed by atoms with E-state index in [1.54, 1.807) is 4.68 Å². The minimum absolute atomic E-state index is 0.00737. The number of amides is 1. The van der Waals surface area contributed by atoms with Crippen LogP contribution in [0.5, 0.6) is 0 Å². The highest BCUT2D eigenvalue weighted by Crippen LogP contribution is 2.18. The van der Waals surface area contributed by atoms with Gasteiger partial charge in [0.1, 0.15) is 5.82 Å². The van der Waals surface area contributed by atoms with Gasteiger partial charge < -0.3 is 15.3 Å². The maximum atomic E-state index is 12.2. The second kappa shape index (κ2) is 8.60. The van der Waals surface area contributed by atoms with Crippen LogP contribution in [0.3, 0.4) is 0 Å². The molecule has 7 nitrogen and oxygen atoms in total. The second-order valence-corrected chi connectivity index (χ2v) is 7.13. The number of aromatic nitrogens is 2. The Morgan fingerprint density at radius 1 is 1.50 bits per heavy atom. The molecule has 1 saturated heterocycles. The number of nitrogens with zero attached hydrogens (tertiary/aromatic N) is 4. The van der Waals surface area contributed by atoms with E-state index >= 15 is 0 Å². The molecule has 1 aliphatic rings. The van der Waals surface area contributed by atoms with Crippen LogP contribution in [0.1, 0.15) is 25.5 Å². The lowest BCUT2D eigenvalue weighted by Gasteiger charge is -2.34. The van der Waals surface area contributed by atoms with Crippen LogP contribution in [0, 0.1) is 12.8 Å². The van der Waals surface area contributed by atoms with Crippen molar-refractivity contribution in [1.82, 2.24) is 19.6 Å². The van der Waals surface area contributed by atoms with Gasteiger partial charge in [-0.15, -0.1) is 0 Å². The number of piperidine rings is 1. The summed E-state index contributed by atoms with van der Waals surface area (Å²) in [5.41, 5.74) is 0.894. The fraction of sp³-hybridized carbons (Fsp3) is 0.765. The topological polar surface area (TPSA) is 73.6 Å². The number of aryl methyl sites for hydroxylation is 2. The summed E-state index contributed by atoms with van der Waals surface area (Å²) in [6, 6.07) is 1.87. The van der Waals surface area contributed by atoms with Crippen LogP contribution in [-0.2, 0) is 11.8 Å². The van der Waals surface area contributed by atoms with Gasteiger partial charge in [0.25, 0.3) is 0 Å². The Morgan fingerprint density at radius 2 is 2.17 bits per heavy atom. The molecule has 7 heteroatoms. The van der Waals surface area contributed by atoms with Crippen LogP contribution in [-0.4, -0.2) is 76.5 Å². The van der Waals surface area contributed by atoms with E-state index in [4.69, 9.17) is 0 Å². The van der Waals surface area contributed by atoms with E-state index in [2.05, 4.69) is 20.2 Å². The summed E-state index contributed by atoms with van der Waals surface area (Å²) in [7, 11) is 3.82. The average Bonchev–Trinajstić information content (AvgIpc) is 2.78. The molecular formula is C17H31N5O2. The van der Waals surface area contributed by atoms with E-state index in [0.717, 1.165) is 50.5 Å². The van der Waals surface area contributed by atoms with Gasteiger partial charge in [0, 0.05) is 26.2 Å². The van der Waals surface area contributed by atoms with Crippen LogP contribution in [0.25, 0.3) is 0 Å². The summed E-state index contributed by atoms with van der Waals surface area (Å²) in [5, 5.41) is 16.6. The van der Waals surface area contributed by atoms with Gasteiger partial charge >= 0.3 is 0 Å².